The van der Waals surface area contributed by atoms with Crippen molar-refractivity contribution in [3.63, 3.8) is 0 Å². The number of carbonyl (C=O) groups is 1. The number of hydrogen-bond acceptors (Lipinski definition) is 4. The van der Waals surface area contributed by atoms with Gasteiger partial charge in [-0.1, -0.05) is 46.4 Å². The van der Waals surface area contributed by atoms with Gasteiger partial charge in [-0.15, -0.1) is 11.7 Å². The average molecular weight is 359 g/mol. The van der Waals surface area contributed by atoms with Crippen LogP contribution in [0.3, 0.4) is 0 Å². The Balaban J connectivity index is 2.03. The molecule has 1 atom stereocenters. The SMILES string of the molecule is C=CC(c1ccc(Cl)cc1)c1snnc1C(=O)c1ccccc1F. The van der Waals surface area contributed by atoms with Crippen molar-refractivity contribution < 1.29 is 9.18 Å². The van der Waals surface area contributed by atoms with E-state index >= 15 is 0 Å². The van der Waals surface area contributed by atoms with E-state index in [1.54, 1.807) is 24.3 Å². The molecule has 0 bridgehead atoms. The number of ketones is 1. The van der Waals surface area contributed by atoms with E-state index in [9.17, 15) is 9.18 Å². The van der Waals surface area contributed by atoms with E-state index in [-0.39, 0.29) is 17.2 Å². The zero-order valence-electron chi connectivity index (χ0n) is 12.4. The molecule has 3 aromatic rings. The minimum atomic E-state index is -0.580. The predicted octanol–water partition coefficient (Wildman–Crippen LogP) is 4.88. The Morgan fingerprint density at radius 2 is 1.92 bits per heavy atom. The lowest BCUT2D eigenvalue weighted by Gasteiger charge is -2.12. The van der Waals surface area contributed by atoms with Gasteiger partial charge < -0.3 is 0 Å². The second-order valence-electron chi connectivity index (χ2n) is 5.06. The van der Waals surface area contributed by atoms with Crippen LogP contribution in [-0.4, -0.2) is 15.4 Å². The summed E-state index contributed by atoms with van der Waals surface area (Å²) in [6.07, 6.45) is 1.70. The number of aromatic nitrogens is 2. The molecule has 0 saturated carbocycles. The fourth-order valence-corrected chi connectivity index (χ4v) is 3.30. The van der Waals surface area contributed by atoms with E-state index in [0.717, 1.165) is 17.1 Å². The standard InChI is InChI=1S/C18H12ClFN2OS/c1-2-13(11-7-9-12(19)10-8-11)18-16(21-22-24-18)17(23)14-5-3-4-6-15(14)20/h2-10,13H,1H2. The van der Waals surface area contributed by atoms with Gasteiger partial charge in [0.1, 0.15) is 5.82 Å². The molecule has 1 aromatic heterocycles. The number of hydrogen-bond donors (Lipinski definition) is 0. The molecular formula is C18H12ClFN2OS. The van der Waals surface area contributed by atoms with Crippen LogP contribution < -0.4 is 0 Å². The van der Waals surface area contributed by atoms with E-state index in [4.69, 9.17) is 11.6 Å². The number of rotatable bonds is 5. The third-order valence-corrected chi connectivity index (χ3v) is 4.65. The van der Waals surface area contributed by atoms with Gasteiger partial charge in [0, 0.05) is 10.9 Å². The zero-order valence-corrected chi connectivity index (χ0v) is 14.0. The molecule has 0 saturated heterocycles. The van der Waals surface area contributed by atoms with Crippen molar-refractivity contribution in [1.29, 1.82) is 0 Å². The maximum atomic E-state index is 13.9. The van der Waals surface area contributed by atoms with E-state index in [2.05, 4.69) is 16.2 Å². The average Bonchev–Trinajstić information content (AvgIpc) is 3.06. The van der Waals surface area contributed by atoms with E-state index in [1.165, 1.54) is 18.2 Å². The maximum absolute atomic E-state index is 13.9. The Hall–Kier alpha value is -2.37. The first kappa shape index (κ1) is 16.5. The van der Waals surface area contributed by atoms with Crippen molar-refractivity contribution >= 4 is 28.9 Å². The Bertz CT molecular complexity index is 892. The molecule has 0 spiro atoms. The van der Waals surface area contributed by atoms with Crippen LogP contribution in [0.25, 0.3) is 0 Å². The van der Waals surface area contributed by atoms with Crippen molar-refractivity contribution in [3.05, 3.63) is 93.7 Å². The topological polar surface area (TPSA) is 42.9 Å². The summed E-state index contributed by atoms with van der Waals surface area (Å²) in [5.74, 6) is -1.34. The Labute approximate surface area is 147 Å². The molecule has 0 fully saturated rings. The van der Waals surface area contributed by atoms with Crippen molar-refractivity contribution in [2.75, 3.05) is 0 Å². The number of carbonyl (C=O) groups excluding carboxylic acids is 1. The van der Waals surface area contributed by atoms with Crippen molar-refractivity contribution in [2.45, 2.75) is 5.92 Å². The summed E-state index contributed by atoms with van der Waals surface area (Å²) in [7, 11) is 0. The summed E-state index contributed by atoms with van der Waals surface area (Å²) in [6.45, 7) is 3.84. The molecule has 2 aromatic carbocycles. The summed E-state index contributed by atoms with van der Waals surface area (Å²) in [6, 6.07) is 13.1. The lowest BCUT2D eigenvalue weighted by molar-refractivity contribution is 0.102. The van der Waals surface area contributed by atoms with Crippen LogP contribution in [0.5, 0.6) is 0 Å². The number of benzene rings is 2. The van der Waals surface area contributed by atoms with Crippen LogP contribution in [0.15, 0.2) is 61.2 Å². The molecule has 6 heteroatoms. The maximum Gasteiger partial charge on any atom is 0.217 e. The van der Waals surface area contributed by atoms with Gasteiger partial charge in [-0.25, -0.2) is 4.39 Å². The molecule has 0 N–H and O–H groups in total. The normalized spacial score (nSPS) is 11.9. The number of halogens is 2. The highest BCUT2D eigenvalue weighted by atomic mass is 35.5. The highest BCUT2D eigenvalue weighted by Crippen LogP contribution is 2.32. The molecule has 0 aliphatic carbocycles. The van der Waals surface area contributed by atoms with E-state index < -0.39 is 11.6 Å². The third-order valence-electron chi connectivity index (χ3n) is 3.59. The van der Waals surface area contributed by atoms with Crippen LogP contribution in [0.2, 0.25) is 5.02 Å². The summed E-state index contributed by atoms with van der Waals surface area (Å²) >= 11 is 7.02. The van der Waals surface area contributed by atoms with Gasteiger partial charge in [0.25, 0.3) is 0 Å². The first-order valence-corrected chi connectivity index (χ1v) is 8.26. The monoisotopic (exact) mass is 358 g/mol. The summed E-state index contributed by atoms with van der Waals surface area (Å²) in [5, 5.41) is 4.54. The molecule has 0 aliphatic rings. The minimum absolute atomic E-state index is 0.0228. The second kappa shape index (κ2) is 7.03. The highest BCUT2D eigenvalue weighted by molar-refractivity contribution is 7.06. The molecule has 0 radical (unpaired) electrons. The summed E-state index contributed by atoms with van der Waals surface area (Å²) < 4.78 is 17.8. The Morgan fingerprint density at radius 1 is 1.21 bits per heavy atom. The quantitative estimate of drug-likeness (QED) is 0.482. The van der Waals surface area contributed by atoms with Crippen LogP contribution in [0, 0.1) is 5.82 Å². The third kappa shape index (κ3) is 3.13. The van der Waals surface area contributed by atoms with E-state index in [1.807, 2.05) is 12.1 Å². The fourth-order valence-electron chi connectivity index (χ4n) is 2.40. The molecule has 1 heterocycles. The van der Waals surface area contributed by atoms with Gasteiger partial charge in [-0.3, -0.25) is 4.79 Å². The molecular weight excluding hydrogens is 347 g/mol. The van der Waals surface area contributed by atoms with Gasteiger partial charge in [-0.05, 0) is 41.4 Å². The minimum Gasteiger partial charge on any atom is -0.287 e. The summed E-state index contributed by atoms with van der Waals surface area (Å²) in [4.78, 5) is 13.3. The van der Waals surface area contributed by atoms with Gasteiger partial charge in [0.2, 0.25) is 5.78 Å². The van der Waals surface area contributed by atoms with Crippen LogP contribution >= 0.6 is 23.1 Å². The summed E-state index contributed by atoms with van der Waals surface area (Å²) in [5.41, 5.74) is 1.03. The Kier molecular flexibility index (Phi) is 4.83. The molecule has 0 amide bonds. The zero-order chi connectivity index (χ0) is 17.1. The van der Waals surface area contributed by atoms with Gasteiger partial charge in [-0.2, -0.15) is 0 Å². The smallest absolute Gasteiger partial charge is 0.217 e. The molecule has 3 nitrogen and oxygen atoms in total. The van der Waals surface area contributed by atoms with Gasteiger partial charge in [0.05, 0.1) is 10.4 Å². The number of nitrogens with zero attached hydrogens (tertiary/aromatic N) is 2. The van der Waals surface area contributed by atoms with E-state index in [0.29, 0.717) is 9.90 Å². The Morgan fingerprint density at radius 3 is 2.58 bits per heavy atom. The van der Waals surface area contributed by atoms with Crippen molar-refractivity contribution in [3.8, 4) is 0 Å². The molecule has 3 rings (SSSR count). The van der Waals surface area contributed by atoms with Gasteiger partial charge in [0.15, 0.2) is 5.69 Å². The van der Waals surface area contributed by atoms with Crippen LogP contribution in [0.4, 0.5) is 4.39 Å². The molecule has 0 aliphatic heterocycles. The van der Waals surface area contributed by atoms with Crippen molar-refractivity contribution in [1.82, 2.24) is 9.59 Å². The van der Waals surface area contributed by atoms with Crippen LogP contribution in [0.1, 0.15) is 32.4 Å². The second-order valence-corrected chi connectivity index (χ2v) is 6.28. The largest absolute Gasteiger partial charge is 0.287 e. The first-order valence-electron chi connectivity index (χ1n) is 7.11. The van der Waals surface area contributed by atoms with Crippen molar-refractivity contribution in [2.24, 2.45) is 0 Å². The molecule has 120 valence electrons. The predicted molar refractivity (Wildman–Crippen MR) is 93.2 cm³/mol. The lowest BCUT2D eigenvalue weighted by Crippen LogP contribution is -2.09. The number of allylic oxidation sites excluding steroid dienone is 1. The van der Waals surface area contributed by atoms with Gasteiger partial charge >= 0.3 is 0 Å². The highest BCUT2D eigenvalue weighted by Gasteiger charge is 2.25. The lowest BCUT2D eigenvalue weighted by atomic mass is 9.94. The fraction of sp³-hybridized carbons (Fsp3) is 0.0556. The molecule has 1 unspecified atom stereocenters. The first-order chi connectivity index (χ1) is 11.6. The molecule has 24 heavy (non-hydrogen) atoms. The van der Waals surface area contributed by atoms with Crippen LogP contribution in [-0.2, 0) is 0 Å².